The molecule has 4 heteroatoms. The predicted octanol–water partition coefficient (Wildman–Crippen LogP) is 2.09. The lowest BCUT2D eigenvalue weighted by molar-refractivity contribution is 0.0931. The van der Waals surface area contributed by atoms with Crippen LogP contribution in [0.3, 0.4) is 0 Å². The molecule has 0 radical (unpaired) electrons. The number of rotatable bonds is 3. The average molecular weight is 211 g/mol. The number of thiophene rings is 1. The standard InChI is InChI=1S/C10H13NO2S/c1-6(2)11-10(13)8-4-5-14-9(8)7(3)12/h4-6H,1-3H3,(H,11,13). The largest absolute Gasteiger partial charge is 0.350 e. The van der Waals surface area contributed by atoms with Crippen molar-refractivity contribution in [3.8, 4) is 0 Å². The monoisotopic (exact) mass is 211 g/mol. The van der Waals surface area contributed by atoms with Gasteiger partial charge in [0, 0.05) is 6.04 Å². The summed E-state index contributed by atoms with van der Waals surface area (Å²) in [7, 11) is 0. The van der Waals surface area contributed by atoms with Crippen LogP contribution in [0.2, 0.25) is 0 Å². The molecule has 14 heavy (non-hydrogen) atoms. The summed E-state index contributed by atoms with van der Waals surface area (Å²) < 4.78 is 0. The van der Waals surface area contributed by atoms with Gasteiger partial charge in [-0.2, -0.15) is 0 Å². The molecule has 0 aliphatic carbocycles. The number of nitrogens with one attached hydrogen (secondary N) is 1. The molecular weight excluding hydrogens is 198 g/mol. The zero-order valence-electron chi connectivity index (χ0n) is 8.46. The minimum atomic E-state index is -0.175. The Bertz CT molecular complexity index is 355. The zero-order valence-corrected chi connectivity index (χ0v) is 9.27. The van der Waals surface area contributed by atoms with E-state index < -0.39 is 0 Å². The Kier molecular flexibility index (Phi) is 3.41. The molecular formula is C10H13NO2S. The van der Waals surface area contributed by atoms with E-state index in [1.807, 2.05) is 13.8 Å². The van der Waals surface area contributed by atoms with Crippen LogP contribution in [0.15, 0.2) is 11.4 Å². The van der Waals surface area contributed by atoms with Gasteiger partial charge in [-0.3, -0.25) is 9.59 Å². The van der Waals surface area contributed by atoms with Gasteiger partial charge in [-0.05, 0) is 32.2 Å². The highest BCUT2D eigenvalue weighted by Crippen LogP contribution is 2.17. The second-order valence-electron chi connectivity index (χ2n) is 3.35. The third-order valence-corrected chi connectivity index (χ3v) is 2.66. The Morgan fingerprint density at radius 1 is 1.43 bits per heavy atom. The van der Waals surface area contributed by atoms with Gasteiger partial charge in [0.2, 0.25) is 0 Å². The molecule has 1 heterocycles. The molecule has 1 aromatic rings. The molecule has 1 rings (SSSR count). The second-order valence-corrected chi connectivity index (χ2v) is 4.26. The van der Waals surface area contributed by atoms with Crippen LogP contribution in [0, 0.1) is 0 Å². The van der Waals surface area contributed by atoms with Gasteiger partial charge in [0.05, 0.1) is 10.4 Å². The molecule has 0 aromatic carbocycles. The highest BCUT2D eigenvalue weighted by molar-refractivity contribution is 7.12. The van der Waals surface area contributed by atoms with Crippen molar-refractivity contribution in [3.63, 3.8) is 0 Å². The van der Waals surface area contributed by atoms with Crippen LogP contribution < -0.4 is 5.32 Å². The van der Waals surface area contributed by atoms with E-state index in [2.05, 4.69) is 5.32 Å². The van der Waals surface area contributed by atoms with Crippen LogP contribution in [0.4, 0.5) is 0 Å². The van der Waals surface area contributed by atoms with E-state index in [0.717, 1.165) is 0 Å². The Morgan fingerprint density at radius 3 is 2.57 bits per heavy atom. The van der Waals surface area contributed by atoms with Gasteiger partial charge in [-0.25, -0.2) is 0 Å². The quantitative estimate of drug-likeness (QED) is 0.778. The molecule has 0 spiro atoms. The fraction of sp³-hybridized carbons (Fsp3) is 0.400. The van der Waals surface area contributed by atoms with E-state index in [0.29, 0.717) is 10.4 Å². The van der Waals surface area contributed by atoms with E-state index in [9.17, 15) is 9.59 Å². The van der Waals surface area contributed by atoms with Gasteiger partial charge in [0.25, 0.3) is 5.91 Å². The number of amides is 1. The molecule has 0 aliphatic rings. The van der Waals surface area contributed by atoms with Crippen LogP contribution in [-0.4, -0.2) is 17.7 Å². The molecule has 1 N–H and O–H groups in total. The molecule has 0 bridgehead atoms. The summed E-state index contributed by atoms with van der Waals surface area (Å²) in [6.45, 7) is 5.24. The summed E-state index contributed by atoms with van der Waals surface area (Å²) >= 11 is 1.30. The number of hydrogen-bond acceptors (Lipinski definition) is 3. The Labute approximate surface area is 87.1 Å². The number of hydrogen-bond donors (Lipinski definition) is 1. The van der Waals surface area contributed by atoms with Crippen LogP contribution in [0.5, 0.6) is 0 Å². The normalized spacial score (nSPS) is 10.3. The maximum absolute atomic E-state index is 11.6. The molecule has 0 atom stereocenters. The second kappa shape index (κ2) is 4.37. The Morgan fingerprint density at radius 2 is 2.07 bits per heavy atom. The number of ketones is 1. The molecule has 3 nitrogen and oxygen atoms in total. The van der Waals surface area contributed by atoms with Crippen LogP contribution >= 0.6 is 11.3 Å². The van der Waals surface area contributed by atoms with E-state index in [1.165, 1.54) is 18.3 Å². The fourth-order valence-corrected chi connectivity index (χ4v) is 1.89. The summed E-state index contributed by atoms with van der Waals surface area (Å²) in [5.41, 5.74) is 0.483. The summed E-state index contributed by atoms with van der Waals surface area (Å²) in [5.74, 6) is -0.236. The van der Waals surface area contributed by atoms with Gasteiger partial charge in [0.1, 0.15) is 0 Å². The number of Topliss-reactive ketones (excluding diaryl/α,β-unsaturated/α-hetero) is 1. The molecule has 1 aromatic heterocycles. The van der Waals surface area contributed by atoms with Gasteiger partial charge in [-0.1, -0.05) is 0 Å². The molecule has 0 unspecified atom stereocenters. The third kappa shape index (κ3) is 2.42. The lowest BCUT2D eigenvalue weighted by Gasteiger charge is -2.07. The highest BCUT2D eigenvalue weighted by Gasteiger charge is 2.15. The van der Waals surface area contributed by atoms with E-state index >= 15 is 0 Å². The summed E-state index contributed by atoms with van der Waals surface area (Å²) in [5, 5.41) is 4.51. The SMILES string of the molecule is CC(=O)c1sccc1C(=O)NC(C)C. The Balaban J connectivity index is 2.90. The first-order valence-electron chi connectivity index (χ1n) is 4.41. The lowest BCUT2D eigenvalue weighted by atomic mass is 10.2. The van der Waals surface area contributed by atoms with Crippen molar-refractivity contribution in [1.29, 1.82) is 0 Å². The van der Waals surface area contributed by atoms with Crippen molar-refractivity contribution >= 4 is 23.0 Å². The molecule has 0 saturated carbocycles. The van der Waals surface area contributed by atoms with Crippen molar-refractivity contribution in [3.05, 3.63) is 21.9 Å². The van der Waals surface area contributed by atoms with Gasteiger partial charge >= 0.3 is 0 Å². The topological polar surface area (TPSA) is 46.2 Å². The van der Waals surface area contributed by atoms with Gasteiger partial charge in [0.15, 0.2) is 5.78 Å². The molecule has 76 valence electrons. The van der Waals surface area contributed by atoms with Crippen molar-refractivity contribution in [2.45, 2.75) is 26.8 Å². The van der Waals surface area contributed by atoms with Crippen LogP contribution in [-0.2, 0) is 0 Å². The van der Waals surface area contributed by atoms with E-state index in [-0.39, 0.29) is 17.7 Å². The maximum Gasteiger partial charge on any atom is 0.253 e. The molecule has 0 aliphatic heterocycles. The highest BCUT2D eigenvalue weighted by atomic mass is 32.1. The first kappa shape index (κ1) is 10.9. The van der Waals surface area contributed by atoms with Crippen molar-refractivity contribution < 1.29 is 9.59 Å². The van der Waals surface area contributed by atoms with E-state index in [1.54, 1.807) is 11.4 Å². The fourth-order valence-electron chi connectivity index (χ4n) is 1.10. The number of carbonyl (C=O) groups excluding carboxylic acids is 2. The molecule has 0 fully saturated rings. The van der Waals surface area contributed by atoms with Gasteiger partial charge in [-0.15, -0.1) is 11.3 Å². The van der Waals surface area contributed by atoms with Crippen molar-refractivity contribution in [2.75, 3.05) is 0 Å². The maximum atomic E-state index is 11.6. The van der Waals surface area contributed by atoms with Crippen molar-refractivity contribution in [1.82, 2.24) is 5.32 Å². The van der Waals surface area contributed by atoms with E-state index in [4.69, 9.17) is 0 Å². The van der Waals surface area contributed by atoms with Crippen LogP contribution in [0.1, 0.15) is 40.8 Å². The lowest BCUT2D eigenvalue weighted by Crippen LogP contribution is -2.30. The smallest absolute Gasteiger partial charge is 0.253 e. The minimum absolute atomic E-state index is 0.0612. The summed E-state index contributed by atoms with van der Waals surface area (Å²) in [6.07, 6.45) is 0. The first-order valence-corrected chi connectivity index (χ1v) is 5.29. The average Bonchev–Trinajstić information content (AvgIpc) is 2.49. The van der Waals surface area contributed by atoms with Crippen LogP contribution in [0.25, 0.3) is 0 Å². The zero-order chi connectivity index (χ0) is 10.7. The molecule has 0 saturated heterocycles. The summed E-state index contributed by atoms with van der Waals surface area (Å²) in [4.78, 5) is 23.3. The molecule has 1 amide bonds. The van der Waals surface area contributed by atoms with Gasteiger partial charge < -0.3 is 5.32 Å². The Hall–Kier alpha value is -1.16. The summed E-state index contributed by atoms with van der Waals surface area (Å²) in [6, 6.07) is 1.77. The van der Waals surface area contributed by atoms with Crippen molar-refractivity contribution in [2.24, 2.45) is 0 Å². The first-order chi connectivity index (χ1) is 6.52. The number of carbonyl (C=O) groups is 2. The minimum Gasteiger partial charge on any atom is -0.350 e. The predicted molar refractivity (Wildman–Crippen MR) is 56.9 cm³/mol. The third-order valence-electron chi connectivity index (χ3n) is 1.65.